The minimum Gasteiger partial charge on any atom is -0.507 e. The number of nitrogens with zero attached hydrogens (tertiary/aromatic N) is 3. The quantitative estimate of drug-likeness (QED) is 0.251. The van der Waals surface area contributed by atoms with Crippen LogP contribution in [-0.2, 0) is 6.54 Å². The minimum absolute atomic E-state index is 0.0326. The highest BCUT2D eigenvalue weighted by Gasteiger charge is 2.09. The van der Waals surface area contributed by atoms with E-state index in [9.17, 15) is 9.90 Å². The Morgan fingerprint density at radius 2 is 1.91 bits per heavy atom. The number of halogens is 2. The molecular weight excluding hydrogens is 536 g/mol. The first-order valence-corrected chi connectivity index (χ1v) is 11.1. The average molecular weight is 552 g/mol. The molecule has 2 N–H and O–H groups in total. The van der Waals surface area contributed by atoms with Gasteiger partial charge in [0.25, 0.3) is 5.91 Å². The number of fused-ring (bicyclic) bond motifs is 1. The van der Waals surface area contributed by atoms with E-state index in [-0.39, 0.29) is 16.9 Å². The Labute approximate surface area is 201 Å². The number of aromatic nitrogens is 1. The van der Waals surface area contributed by atoms with Crippen molar-refractivity contribution >= 4 is 54.9 Å². The highest BCUT2D eigenvalue weighted by molar-refractivity contribution is 9.11. The van der Waals surface area contributed by atoms with Crippen LogP contribution in [0.25, 0.3) is 10.9 Å². The number of hydrazone groups is 1. The van der Waals surface area contributed by atoms with Crippen molar-refractivity contribution in [3.63, 3.8) is 0 Å². The molecule has 1 aromatic heterocycles. The maximum absolute atomic E-state index is 12.3. The van der Waals surface area contributed by atoms with Crippen molar-refractivity contribution in [3.05, 3.63) is 98.1 Å². The fourth-order valence-corrected chi connectivity index (χ4v) is 4.78. The normalized spacial score (nSPS) is 11.0. The summed E-state index contributed by atoms with van der Waals surface area (Å²) in [6.07, 6.45) is 3.61. The number of phenols is 1. The molecule has 0 unspecified atom stereocenters. The molecule has 0 atom stereocenters. The van der Waals surface area contributed by atoms with Crippen LogP contribution in [0.3, 0.4) is 0 Å². The molecule has 1 amide bonds. The standard InChI is InChI=1S/C24H16Br2N4O2/c25-19-8-15(9-20(26)11-19)14-30-7-6-21-17(2-1-3-22(21)30)13-28-29-24(32)16-4-5-23(31)18(10-16)12-27/h1-11,13,31H,14H2,(H,29,32)/b28-13+. The zero-order valence-corrected chi connectivity index (χ0v) is 19.8. The molecule has 8 heteroatoms. The van der Waals surface area contributed by atoms with Gasteiger partial charge in [0.2, 0.25) is 0 Å². The van der Waals surface area contributed by atoms with Crippen LogP contribution in [-0.4, -0.2) is 21.8 Å². The maximum atomic E-state index is 12.3. The molecule has 0 aliphatic rings. The number of rotatable bonds is 5. The summed E-state index contributed by atoms with van der Waals surface area (Å²) in [7, 11) is 0. The number of aromatic hydroxyl groups is 1. The molecule has 3 aromatic carbocycles. The van der Waals surface area contributed by atoms with E-state index in [2.05, 4.69) is 59.1 Å². The number of hydrogen-bond acceptors (Lipinski definition) is 4. The fraction of sp³-hybridized carbons (Fsp3) is 0.0417. The van der Waals surface area contributed by atoms with Gasteiger partial charge >= 0.3 is 0 Å². The van der Waals surface area contributed by atoms with Gasteiger partial charge in [0.1, 0.15) is 11.8 Å². The topological polar surface area (TPSA) is 90.4 Å². The van der Waals surface area contributed by atoms with Gasteiger partial charge < -0.3 is 9.67 Å². The molecule has 0 saturated carbocycles. The van der Waals surface area contributed by atoms with Gasteiger partial charge in [-0.05, 0) is 54.1 Å². The second-order valence-corrected chi connectivity index (χ2v) is 8.88. The second-order valence-electron chi connectivity index (χ2n) is 7.04. The van der Waals surface area contributed by atoms with Gasteiger partial charge in [-0.15, -0.1) is 0 Å². The molecule has 0 bridgehead atoms. The lowest BCUT2D eigenvalue weighted by Crippen LogP contribution is -2.17. The molecule has 0 radical (unpaired) electrons. The van der Waals surface area contributed by atoms with E-state index in [1.54, 1.807) is 6.21 Å². The molecule has 6 nitrogen and oxygen atoms in total. The molecule has 4 rings (SSSR count). The second kappa shape index (κ2) is 9.39. The van der Waals surface area contributed by atoms with Crippen molar-refractivity contribution in [1.29, 1.82) is 5.26 Å². The van der Waals surface area contributed by atoms with Crippen LogP contribution in [0, 0.1) is 11.3 Å². The molecule has 0 fully saturated rings. The van der Waals surface area contributed by atoms with Gasteiger partial charge in [-0.1, -0.05) is 44.0 Å². The Bertz CT molecular complexity index is 1380. The third-order valence-electron chi connectivity index (χ3n) is 4.87. The summed E-state index contributed by atoms with van der Waals surface area (Å²) in [5.41, 5.74) is 5.80. The van der Waals surface area contributed by atoms with E-state index in [4.69, 9.17) is 5.26 Å². The fourth-order valence-electron chi connectivity index (χ4n) is 3.39. The molecule has 0 aliphatic carbocycles. The highest BCUT2D eigenvalue weighted by atomic mass is 79.9. The Balaban J connectivity index is 1.53. The Hall–Kier alpha value is -3.41. The highest BCUT2D eigenvalue weighted by Crippen LogP contribution is 2.24. The van der Waals surface area contributed by atoms with Gasteiger partial charge in [0.15, 0.2) is 0 Å². The van der Waals surface area contributed by atoms with Crippen molar-refractivity contribution < 1.29 is 9.90 Å². The first-order valence-electron chi connectivity index (χ1n) is 9.54. The Morgan fingerprint density at radius 1 is 1.12 bits per heavy atom. The van der Waals surface area contributed by atoms with Crippen molar-refractivity contribution in [2.45, 2.75) is 6.54 Å². The summed E-state index contributed by atoms with van der Waals surface area (Å²) in [6, 6.07) is 20.0. The molecule has 1 heterocycles. The third kappa shape index (κ3) is 4.74. The SMILES string of the molecule is N#Cc1cc(C(=O)N/N=C/c2cccc3c2ccn3Cc2cc(Br)cc(Br)c2)ccc1O. The lowest BCUT2D eigenvalue weighted by atomic mass is 10.1. The number of phenolic OH excluding ortho intramolecular Hbond substituents is 1. The lowest BCUT2D eigenvalue weighted by molar-refractivity contribution is 0.0955. The van der Waals surface area contributed by atoms with Crippen LogP contribution in [0.1, 0.15) is 27.0 Å². The maximum Gasteiger partial charge on any atom is 0.271 e. The summed E-state index contributed by atoms with van der Waals surface area (Å²) in [5.74, 6) is -0.637. The number of hydrogen-bond donors (Lipinski definition) is 2. The monoisotopic (exact) mass is 550 g/mol. The van der Waals surface area contributed by atoms with Crippen LogP contribution in [0.15, 0.2) is 80.9 Å². The smallest absolute Gasteiger partial charge is 0.271 e. The zero-order chi connectivity index (χ0) is 22.7. The van der Waals surface area contributed by atoms with Crippen molar-refractivity contribution in [2.24, 2.45) is 5.10 Å². The number of carbonyl (C=O) groups is 1. The minimum atomic E-state index is -0.470. The van der Waals surface area contributed by atoms with E-state index in [1.807, 2.05) is 42.6 Å². The molecule has 32 heavy (non-hydrogen) atoms. The Kier molecular flexibility index (Phi) is 6.40. The average Bonchev–Trinajstić information content (AvgIpc) is 3.17. The van der Waals surface area contributed by atoms with Crippen LogP contribution in [0.5, 0.6) is 5.75 Å². The molecule has 0 aliphatic heterocycles. The van der Waals surface area contributed by atoms with Gasteiger partial charge in [-0.3, -0.25) is 4.79 Å². The van der Waals surface area contributed by atoms with E-state index in [0.717, 1.165) is 31.0 Å². The number of amides is 1. The van der Waals surface area contributed by atoms with Gasteiger partial charge in [0.05, 0.1) is 11.8 Å². The molecule has 4 aromatic rings. The summed E-state index contributed by atoms with van der Waals surface area (Å²) in [5, 5.41) is 23.6. The first-order chi connectivity index (χ1) is 15.4. The van der Waals surface area contributed by atoms with E-state index < -0.39 is 5.91 Å². The molecule has 0 spiro atoms. The zero-order valence-electron chi connectivity index (χ0n) is 16.6. The number of benzene rings is 3. The van der Waals surface area contributed by atoms with Crippen LogP contribution in [0.4, 0.5) is 0 Å². The van der Waals surface area contributed by atoms with Crippen molar-refractivity contribution in [1.82, 2.24) is 9.99 Å². The van der Waals surface area contributed by atoms with Crippen molar-refractivity contribution in [2.75, 3.05) is 0 Å². The Morgan fingerprint density at radius 3 is 2.66 bits per heavy atom. The van der Waals surface area contributed by atoms with E-state index in [1.165, 1.54) is 18.2 Å². The lowest BCUT2D eigenvalue weighted by Gasteiger charge is -2.08. The molecular formula is C24H16Br2N4O2. The van der Waals surface area contributed by atoms with Crippen LogP contribution in [0.2, 0.25) is 0 Å². The summed E-state index contributed by atoms with van der Waals surface area (Å²) < 4.78 is 4.18. The number of nitriles is 1. The van der Waals surface area contributed by atoms with Crippen LogP contribution >= 0.6 is 31.9 Å². The largest absolute Gasteiger partial charge is 0.507 e. The van der Waals surface area contributed by atoms with Crippen LogP contribution < -0.4 is 5.43 Å². The van der Waals surface area contributed by atoms with Gasteiger partial charge in [-0.2, -0.15) is 10.4 Å². The summed E-state index contributed by atoms with van der Waals surface area (Å²) >= 11 is 7.05. The molecule has 158 valence electrons. The van der Waals surface area contributed by atoms with Crippen molar-refractivity contribution in [3.8, 4) is 11.8 Å². The summed E-state index contributed by atoms with van der Waals surface area (Å²) in [6.45, 7) is 0.709. The predicted molar refractivity (Wildman–Crippen MR) is 131 cm³/mol. The summed E-state index contributed by atoms with van der Waals surface area (Å²) in [4.78, 5) is 12.3. The van der Waals surface area contributed by atoms with E-state index >= 15 is 0 Å². The predicted octanol–water partition coefficient (Wildman–Crippen LogP) is 5.56. The molecule has 0 saturated heterocycles. The number of carbonyl (C=O) groups excluding carboxylic acids is 1. The number of nitrogens with one attached hydrogen (secondary N) is 1. The van der Waals surface area contributed by atoms with E-state index in [0.29, 0.717) is 6.54 Å². The third-order valence-corrected chi connectivity index (χ3v) is 5.79. The van der Waals surface area contributed by atoms with Gasteiger partial charge in [-0.25, -0.2) is 5.43 Å². The van der Waals surface area contributed by atoms with Gasteiger partial charge in [0, 0.05) is 43.7 Å². The first kappa shape index (κ1) is 21.8.